The molecule has 1 fully saturated rings. The average molecular weight is 374 g/mol. The minimum absolute atomic E-state index is 0.116. The van der Waals surface area contributed by atoms with Crippen molar-refractivity contribution >= 4 is 6.03 Å². The fourth-order valence-electron chi connectivity index (χ4n) is 3.23. The number of nitrogens with zero attached hydrogens (tertiary/aromatic N) is 3. The highest BCUT2D eigenvalue weighted by molar-refractivity contribution is 5.74. The number of allylic oxidation sites excluding steroid dienone is 1. The number of hydrogen-bond acceptors (Lipinski definition) is 2. The molecule has 0 bridgehead atoms. The molecular formula is C24H27N3O. The largest absolute Gasteiger partial charge is 0.327 e. The second kappa shape index (κ2) is 9.75. The van der Waals surface area contributed by atoms with Crippen molar-refractivity contribution in [3.63, 3.8) is 0 Å². The monoisotopic (exact) mass is 373 g/mol. The lowest BCUT2D eigenvalue weighted by Crippen LogP contribution is -2.44. The zero-order valence-electron chi connectivity index (χ0n) is 16.7. The van der Waals surface area contributed by atoms with E-state index in [1.165, 1.54) is 11.1 Å². The van der Waals surface area contributed by atoms with E-state index in [2.05, 4.69) is 29.0 Å². The van der Waals surface area contributed by atoms with E-state index in [1.54, 1.807) is 0 Å². The van der Waals surface area contributed by atoms with Gasteiger partial charge in [0.1, 0.15) is 5.69 Å². The molecule has 0 atom stereocenters. The van der Waals surface area contributed by atoms with E-state index < -0.39 is 0 Å². The number of hydrogen-bond donors (Lipinski definition) is 0. The van der Waals surface area contributed by atoms with Crippen molar-refractivity contribution in [2.24, 2.45) is 0 Å². The van der Waals surface area contributed by atoms with Gasteiger partial charge in [-0.2, -0.15) is 0 Å². The molecule has 4 heteroatoms. The van der Waals surface area contributed by atoms with Gasteiger partial charge in [-0.1, -0.05) is 47.9 Å². The number of likely N-dealkylation sites (N-methyl/N-ethyl adjacent to an activating group) is 1. The van der Waals surface area contributed by atoms with Crippen molar-refractivity contribution in [3.05, 3.63) is 77.1 Å². The fourth-order valence-corrected chi connectivity index (χ4v) is 3.23. The van der Waals surface area contributed by atoms with Gasteiger partial charge in [-0.25, -0.2) is 9.78 Å². The number of carbonyl (C=O) groups excluding carboxylic acids is 1. The first-order valence-corrected chi connectivity index (χ1v) is 9.79. The molecule has 1 aliphatic rings. The van der Waals surface area contributed by atoms with E-state index in [4.69, 9.17) is 0 Å². The van der Waals surface area contributed by atoms with Gasteiger partial charge in [0.15, 0.2) is 0 Å². The number of amides is 2. The topological polar surface area (TPSA) is 36.4 Å². The third kappa shape index (κ3) is 5.72. The lowest BCUT2D eigenvalue weighted by Gasteiger charge is -2.32. The molecular weight excluding hydrogens is 346 g/mol. The van der Waals surface area contributed by atoms with E-state index in [0.29, 0.717) is 0 Å². The minimum atomic E-state index is 0.116. The Balaban J connectivity index is 1.47. The summed E-state index contributed by atoms with van der Waals surface area (Å²) in [6.07, 6.45) is 4.64. The molecule has 0 N–H and O–H groups in total. The molecule has 1 aromatic heterocycles. The van der Waals surface area contributed by atoms with Crippen molar-refractivity contribution < 1.29 is 4.79 Å². The summed E-state index contributed by atoms with van der Waals surface area (Å²) in [7, 11) is 1.89. The molecule has 2 heterocycles. The van der Waals surface area contributed by atoms with E-state index >= 15 is 0 Å². The highest BCUT2D eigenvalue weighted by Crippen LogP contribution is 2.17. The molecule has 144 valence electrons. The van der Waals surface area contributed by atoms with E-state index in [-0.39, 0.29) is 6.03 Å². The Morgan fingerprint density at radius 2 is 1.89 bits per heavy atom. The fraction of sp³-hybridized carbons (Fsp3) is 0.333. The number of pyridine rings is 1. The number of rotatable bonds is 3. The van der Waals surface area contributed by atoms with Crippen molar-refractivity contribution in [1.29, 1.82) is 0 Å². The Morgan fingerprint density at radius 1 is 1.14 bits per heavy atom. The number of likely N-dealkylation sites (tertiary alicyclic amines) is 1. The predicted octanol–water partition coefficient (Wildman–Crippen LogP) is 4.06. The van der Waals surface area contributed by atoms with E-state index in [9.17, 15) is 4.79 Å². The van der Waals surface area contributed by atoms with Crippen LogP contribution in [-0.2, 0) is 6.42 Å². The molecule has 0 saturated carbocycles. The third-order valence-corrected chi connectivity index (χ3v) is 4.95. The standard InChI is InChI=1S/C24H27N3O/c1-20-8-6-12-23(25-20)13-7-11-22-15-18-27(19-16-22)24(28)26(2)17-14-21-9-4-3-5-10-21/h3-6,8-12H,14-19H2,1-2H3. The van der Waals surface area contributed by atoms with Crippen molar-refractivity contribution in [3.8, 4) is 11.8 Å². The summed E-state index contributed by atoms with van der Waals surface area (Å²) >= 11 is 0. The molecule has 0 spiro atoms. The van der Waals surface area contributed by atoms with Gasteiger partial charge in [0, 0.05) is 32.4 Å². The second-order valence-electron chi connectivity index (χ2n) is 7.16. The SMILES string of the molecule is Cc1cccc(C#CC=C2CCN(C(=O)N(C)CCc3ccccc3)CC2)n1. The van der Waals surface area contributed by atoms with Crippen LogP contribution in [0.3, 0.4) is 0 Å². The van der Waals surface area contributed by atoms with Crippen molar-refractivity contribution in [1.82, 2.24) is 14.8 Å². The predicted molar refractivity (Wildman–Crippen MR) is 113 cm³/mol. The van der Waals surface area contributed by atoms with Crippen molar-refractivity contribution in [2.75, 3.05) is 26.7 Å². The molecule has 1 saturated heterocycles. The first-order chi connectivity index (χ1) is 13.6. The van der Waals surface area contributed by atoms with Crippen LogP contribution in [0.2, 0.25) is 0 Å². The summed E-state index contributed by atoms with van der Waals surface area (Å²) in [4.78, 5) is 20.8. The second-order valence-corrected chi connectivity index (χ2v) is 7.16. The Morgan fingerprint density at radius 3 is 2.61 bits per heavy atom. The van der Waals surface area contributed by atoms with E-state index in [0.717, 1.165) is 50.3 Å². The first kappa shape index (κ1) is 19.7. The molecule has 2 amide bonds. The van der Waals surface area contributed by atoms with Crippen molar-refractivity contribution in [2.45, 2.75) is 26.2 Å². The van der Waals surface area contributed by atoms with Gasteiger partial charge >= 0.3 is 6.03 Å². The lowest BCUT2D eigenvalue weighted by molar-refractivity contribution is 0.159. The summed E-state index contributed by atoms with van der Waals surface area (Å²) in [6.45, 7) is 4.21. The highest BCUT2D eigenvalue weighted by atomic mass is 16.2. The zero-order chi connectivity index (χ0) is 19.8. The summed E-state index contributed by atoms with van der Waals surface area (Å²) in [6, 6.07) is 16.3. The van der Waals surface area contributed by atoms with E-state index in [1.807, 2.05) is 66.2 Å². The summed E-state index contributed by atoms with van der Waals surface area (Å²) in [5, 5.41) is 0. The molecule has 0 unspecified atom stereocenters. The number of carbonyl (C=O) groups is 1. The number of benzene rings is 1. The van der Waals surface area contributed by atoms with Crippen LogP contribution in [0.15, 0.2) is 60.2 Å². The molecule has 1 aliphatic heterocycles. The van der Waals surface area contributed by atoms with Gasteiger partial charge in [0.05, 0.1) is 0 Å². The average Bonchev–Trinajstić information content (AvgIpc) is 2.73. The van der Waals surface area contributed by atoms with Gasteiger partial charge in [-0.3, -0.25) is 0 Å². The van der Waals surface area contributed by atoms with Gasteiger partial charge in [0.2, 0.25) is 0 Å². The molecule has 1 aromatic carbocycles. The van der Waals surface area contributed by atoms with Crippen LogP contribution in [0.5, 0.6) is 0 Å². The molecule has 28 heavy (non-hydrogen) atoms. The van der Waals surface area contributed by atoms with Gasteiger partial charge in [-0.15, -0.1) is 0 Å². The van der Waals surface area contributed by atoms with Crippen LogP contribution < -0.4 is 0 Å². The Bertz CT molecular complexity index is 883. The number of urea groups is 1. The number of aryl methyl sites for hydroxylation is 1. The highest BCUT2D eigenvalue weighted by Gasteiger charge is 2.21. The quantitative estimate of drug-likeness (QED) is 0.761. The maximum absolute atomic E-state index is 12.7. The van der Waals surface area contributed by atoms with Crippen LogP contribution in [-0.4, -0.2) is 47.5 Å². The Labute approximate surface area is 167 Å². The number of piperidine rings is 1. The third-order valence-electron chi connectivity index (χ3n) is 4.95. The molecule has 0 aliphatic carbocycles. The summed E-state index contributed by atoms with van der Waals surface area (Å²) in [5.74, 6) is 6.21. The number of aromatic nitrogens is 1. The Hall–Kier alpha value is -3.06. The summed E-state index contributed by atoms with van der Waals surface area (Å²) in [5.41, 5.74) is 4.33. The van der Waals surface area contributed by atoms with Crippen LogP contribution in [0.25, 0.3) is 0 Å². The van der Waals surface area contributed by atoms with Gasteiger partial charge < -0.3 is 9.80 Å². The minimum Gasteiger partial charge on any atom is -0.327 e. The first-order valence-electron chi connectivity index (χ1n) is 9.79. The zero-order valence-corrected chi connectivity index (χ0v) is 16.7. The molecule has 3 rings (SSSR count). The molecule has 2 aromatic rings. The van der Waals surface area contributed by atoms with Gasteiger partial charge in [-0.05, 0) is 55.9 Å². The maximum atomic E-state index is 12.7. The van der Waals surface area contributed by atoms with Crippen LogP contribution in [0, 0.1) is 18.8 Å². The smallest absolute Gasteiger partial charge is 0.319 e. The summed E-state index contributed by atoms with van der Waals surface area (Å²) < 4.78 is 0. The lowest BCUT2D eigenvalue weighted by atomic mass is 10.0. The maximum Gasteiger partial charge on any atom is 0.319 e. The molecule has 0 radical (unpaired) electrons. The van der Waals surface area contributed by atoms with Gasteiger partial charge in [0.25, 0.3) is 0 Å². The van der Waals surface area contributed by atoms with Crippen LogP contribution in [0.1, 0.15) is 29.8 Å². The van der Waals surface area contributed by atoms with Crippen LogP contribution in [0.4, 0.5) is 4.79 Å². The molecule has 4 nitrogen and oxygen atoms in total. The van der Waals surface area contributed by atoms with Crippen LogP contribution >= 0.6 is 0 Å². The normalized spacial score (nSPS) is 13.5. The Kier molecular flexibility index (Phi) is 6.86.